The van der Waals surface area contributed by atoms with Gasteiger partial charge < -0.3 is 15.5 Å². The fourth-order valence-electron chi connectivity index (χ4n) is 2.89. The summed E-state index contributed by atoms with van der Waals surface area (Å²) in [6, 6.07) is 7.21. The number of nitrogens with two attached hydrogens (primary N) is 1. The zero-order chi connectivity index (χ0) is 14.7. The molecule has 3 aromatic rings. The molecule has 1 aliphatic heterocycles. The number of amides is 2. The Kier molecular flexibility index (Phi) is 2.11. The van der Waals surface area contributed by atoms with Gasteiger partial charge in [-0.05, 0) is 24.3 Å². The van der Waals surface area contributed by atoms with E-state index >= 15 is 0 Å². The van der Waals surface area contributed by atoms with Crippen molar-refractivity contribution in [2.75, 3.05) is 12.8 Å². The predicted octanol–water partition coefficient (Wildman–Crippen LogP) is 1.80. The van der Waals surface area contributed by atoms with Gasteiger partial charge in [0.25, 0.3) is 11.8 Å². The van der Waals surface area contributed by atoms with Gasteiger partial charge in [0.05, 0.1) is 18.2 Å². The van der Waals surface area contributed by atoms with Gasteiger partial charge in [0.1, 0.15) is 5.75 Å². The molecule has 2 heterocycles. The summed E-state index contributed by atoms with van der Waals surface area (Å²) in [7, 11) is 1.58. The molecule has 0 saturated carbocycles. The standard InChI is InChI=1S/C15H11N3O3/c1-21-6-2-3-9-7(4-6)11-10(17-9)5-8(16)12-13(11)15(20)18-14(12)19/h2-5,17H,16H2,1H3,(H,18,19,20). The summed E-state index contributed by atoms with van der Waals surface area (Å²) in [5, 5.41) is 3.81. The number of methoxy groups -OCH3 is 1. The van der Waals surface area contributed by atoms with Gasteiger partial charge in [0.2, 0.25) is 0 Å². The van der Waals surface area contributed by atoms with Crippen LogP contribution >= 0.6 is 0 Å². The first-order valence-corrected chi connectivity index (χ1v) is 6.37. The molecule has 1 aromatic heterocycles. The second kappa shape index (κ2) is 3.76. The van der Waals surface area contributed by atoms with Gasteiger partial charge in [-0.2, -0.15) is 0 Å². The average molecular weight is 281 g/mol. The van der Waals surface area contributed by atoms with E-state index < -0.39 is 11.8 Å². The van der Waals surface area contributed by atoms with Gasteiger partial charge in [-0.15, -0.1) is 0 Å². The maximum Gasteiger partial charge on any atom is 0.261 e. The lowest BCUT2D eigenvalue weighted by Gasteiger charge is -2.03. The number of fused-ring (bicyclic) bond motifs is 5. The highest BCUT2D eigenvalue weighted by Crippen LogP contribution is 2.36. The number of hydrogen-bond acceptors (Lipinski definition) is 4. The van der Waals surface area contributed by atoms with Crippen LogP contribution in [0.1, 0.15) is 20.7 Å². The summed E-state index contributed by atoms with van der Waals surface area (Å²) in [5.41, 5.74) is 8.35. The number of nitrogen functional groups attached to an aromatic ring is 1. The van der Waals surface area contributed by atoms with Crippen LogP contribution in [0.2, 0.25) is 0 Å². The third kappa shape index (κ3) is 1.41. The Morgan fingerprint density at radius 3 is 2.57 bits per heavy atom. The smallest absolute Gasteiger partial charge is 0.261 e. The third-order valence-electron chi connectivity index (χ3n) is 3.80. The molecule has 0 saturated heterocycles. The molecule has 6 nitrogen and oxygen atoms in total. The molecule has 4 N–H and O–H groups in total. The molecule has 4 rings (SSSR count). The second-order valence-electron chi connectivity index (χ2n) is 4.96. The number of anilines is 1. The number of imide groups is 1. The number of carbonyl (C=O) groups is 2. The lowest BCUT2D eigenvalue weighted by molar-refractivity contribution is 0.0880. The quantitative estimate of drug-likeness (QED) is 0.468. The highest BCUT2D eigenvalue weighted by atomic mass is 16.5. The number of carbonyl (C=O) groups excluding carboxylic acids is 2. The topological polar surface area (TPSA) is 97.2 Å². The summed E-state index contributed by atoms with van der Waals surface area (Å²) < 4.78 is 5.23. The summed E-state index contributed by atoms with van der Waals surface area (Å²) >= 11 is 0. The molecule has 0 unspecified atom stereocenters. The zero-order valence-corrected chi connectivity index (χ0v) is 11.1. The molecule has 0 spiro atoms. The summed E-state index contributed by atoms with van der Waals surface area (Å²) in [6.45, 7) is 0. The van der Waals surface area contributed by atoms with Gasteiger partial charge in [-0.25, -0.2) is 0 Å². The Bertz CT molecular complexity index is 956. The van der Waals surface area contributed by atoms with Crippen molar-refractivity contribution in [3.63, 3.8) is 0 Å². The van der Waals surface area contributed by atoms with E-state index in [-0.39, 0.29) is 5.56 Å². The molecule has 0 radical (unpaired) electrons. The lowest BCUT2D eigenvalue weighted by Crippen LogP contribution is -2.20. The average Bonchev–Trinajstić information content (AvgIpc) is 2.95. The van der Waals surface area contributed by atoms with Crippen LogP contribution in [0, 0.1) is 0 Å². The molecular weight excluding hydrogens is 270 g/mol. The monoisotopic (exact) mass is 281 g/mol. The molecule has 104 valence electrons. The van der Waals surface area contributed by atoms with Crippen molar-refractivity contribution in [2.45, 2.75) is 0 Å². The minimum Gasteiger partial charge on any atom is -0.497 e. The van der Waals surface area contributed by atoms with Crippen molar-refractivity contribution < 1.29 is 14.3 Å². The number of aromatic nitrogens is 1. The first-order valence-electron chi connectivity index (χ1n) is 6.37. The lowest BCUT2D eigenvalue weighted by atomic mass is 10.0. The summed E-state index contributed by atoms with van der Waals surface area (Å²) in [4.78, 5) is 27.2. The number of nitrogens with one attached hydrogen (secondary N) is 2. The molecule has 0 aliphatic carbocycles. The fraction of sp³-hybridized carbons (Fsp3) is 0.0667. The highest BCUT2D eigenvalue weighted by Gasteiger charge is 2.32. The Morgan fingerprint density at radius 1 is 1.05 bits per heavy atom. The van der Waals surface area contributed by atoms with E-state index in [9.17, 15) is 9.59 Å². The maximum atomic E-state index is 12.1. The maximum absolute atomic E-state index is 12.1. The highest BCUT2D eigenvalue weighted by molar-refractivity contribution is 6.32. The van der Waals surface area contributed by atoms with E-state index in [4.69, 9.17) is 10.5 Å². The molecule has 6 heteroatoms. The van der Waals surface area contributed by atoms with Crippen LogP contribution in [-0.4, -0.2) is 23.9 Å². The van der Waals surface area contributed by atoms with Crippen LogP contribution in [0.25, 0.3) is 21.8 Å². The van der Waals surface area contributed by atoms with Gasteiger partial charge >= 0.3 is 0 Å². The van der Waals surface area contributed by atoms with E-state index in [1.807, 2.05) is 18.2 Å². The number of ether oxygens (including phenoxy) is 1. The minimum absolute atomic E-state index is 0.246. The van der Waals surface area contributed by atoms with E-state index in [1.165, 1.54) is 0 Å². The van der Waals surface area contributed by atoms with E-state index in [0.29, 0.717) is 22.4 Å². The van der Waals surface area contributed by atoms with Crippen LogP contribution in [0.4, 0.5) is 5.69 Å². The van der Waals surface area contributed by atoms with Crippen molar-refractivity contribution in [1.82, 2.24) is 10.3 Å². The number of benzene rings is 2. The Labute approximate surface area is 118 Å². The van der Waals surface area contributed by atoms with Crippen molar-refractivity contribution >= 4 is 39.3 Å². The molecule has 2 aromatic carbocycles. The van der Waals surface area contributed by atoms with Gasteiger partial charge in [-0.3, -0.25) is 14.9 Å². The SMILES string of the molecule is COc1ccc2[nH]c3cc(N)c4c(c3c2c1)C(=O)NC4=O. The number of aromatic amines is 1. The Balaban J connectivity index is 2.24. The first kappa shape index (κ1) is 11.8. The van der Waals surface area contributed by atoms with E-state index in [0.717, 1.165) is 16.4 Å². The molecular formula is C15H11N3O3. The van der Waals surface area contributed by atoms with E-state index in [1.54, 1.807) is 13.2 Å². The summed E-state index contributed by atoms with van der Waals surface area (Å²) in [6.07, 6.45) is 0. The number of rotatable bonds is 1. The summed E-state index contributed by atoms with van der Waals surface area (Å²) in [5.74, 6) is -0.193. The fourth-order valence-corrected chi connectivity index (χ4v) is 2.89. The van der Waals surface area contributed by atoms with Crippen LogP contribution in [-0.2, 0) is 0 Å². The predicted molar refractivity (Wildman–Crippen MR) is 78.6 cm³/mol. The Hall–Kier alpha value is -3.02. The van der Waals surface area contributed by atoms with Gasteiger partial charge in [0.15, 0.2) is 0 Å². The van der Waals surface area contributed by atoms with Crippen LogP contribution in [0.3, 0.4) is 0 Å². The van der Waals surface area contributed by atoms with Crippen molar-refractivity contribution in [2.24, 2.45) is 0 Å². The largest absolute Gasteiger partial charge is 0.497 e. The molecule has 21 heavy (non-hydrogen) atoms. The second-order valence-corrected chi connectivity index (χ2v) is 4.96. The van der Waals surface area contributed by atoms with Crippen molar-refractivity contribution in [3.8, 4) is 5.75 Å². The molecule has 2 amide bonds. The van der Waals surface area contributed by atoms with E-state index in [2.05, 4.69) is 10.3 Å². The molecule has 0 bridgehead atoms. The van der Waals surface area contributed by atoms with Gasteiger partial charge in [0, 0.05) is 27.5 Å². The molecule has 0 fully saturated rings. The van der Waals surface area contributed by atoms with Crippen LogP contribution in [0.15, 0.2) is 24.3 Å². The van der Waals surface area contributed by atoms with Crippen LogP contribution in [0.5, 0.6) is 5.75 Å². The normalized spacial score (nSPS) is 13.8. The number of H-pyrrole nitrogens is 1. The Morgan fingerprint density at radius 2 is 1.81 bits per heavy atom. The molecule has 0 atom stereocenters. The third-order valence-corrected chi connectivity index (χ3v) is 3.80. The van der Waals surface area contributed by atoms with Crippen molar-refractivity contribution in [3.05, 3.63) is 35.4 Å². The number of hydrogen-bond donors (Lipinski definition) is 3. The first-order chi connectivity index (χ1) is 10.1. The van der Waals surface area contributed by atoms with Crippen LogP contribution < -0.4 is 15.8 Å². The zero-order valence-electron chi connectivity index (χ0n) is 11.1. The minimum atomic E-state index is -0.452. The van der Waals surface area contributed by atoms with Crippen molar-refractivity contribution in [1.29, 1.82) is 0 Å². The molecule has 1 aliphatic rings. The van der Waals surface area contributed by atoms with Gasteiger partial charge in [-0.1, -0.05) is 0 Å².